The molecule has 3 heteroatoms. The summed E-state index contributed by atoms with van der Waals surface area (Å²) in [4.78, 5) is 0. The molecule has 2 aromatic rings. The van der Waals surface area contributed by atoms with E-state index in [9.17, 15) is 0 Å². The van der Waals surface area contributed by atoms with Crippen molar-refractivity contribution in [3.63, 3.8) is 0 Å². The third-order valence-corrected chi connectivity index (χ3v) is 3.51. The van der Waals surface area contributed by atoms with Crippen molar-refractivity contribution in [2.75, 3.05) is 6.54 Å². The zero-order chi connectivity index (χ0) is 14.2. The van der Waals surface area contributed by atoms with Crippen molar-refractivity contribution in [2.24, 2.45) is 0 Å². The molecule has 1 atom stereocenters. The number of nitrogens with one attached hydrogen (secondary N) is 1. The summed E-state index contributed by atoms with van der Waals surface area (Å²) >= 11 is 0. The van der Waals surface area contributed by atoms with Crippen LogP contribution < -0.4 is 5.32 Å². The van der Waals surface area contributed by atoms with E-state index >= 15 is 0 Å². The molecule has 0 radical (unpaired) electrons. The summed E-state index contributed by atoms with van der Waals surface area (Å²) in [6.45, 7) is 5.51. The first-order valence-corrected chi connectivity index (χ1v) is 7.68. The summed E-state index contributed by atoms with van der Waals surface area (Å²) in [5.74, 6) is 0. The van der Waals surface area contributed by atoms with Crippen molar-refractivity contribution in [3.05, 3.63) is 48.3 Å². The summed E-state index contributed by atoms with van der Waals surface area (Å²) in [7, 11) is 0. The zero-order valence-corrected chi connectivity index (χ0v) is 12.5. The summed E-state index contributed by atoms with van der Waals surface area (Å²) < 4.78 is 1.96. The number of para-hydroxylation sites is 1. The van der Waals surface area contributed by atoms with E-state index in [2.05, 4.69) is 42.6 Å². The molecule has 2 rings (SSSR count). The van der Waals surface area contributed by atoms with Gasteiger partial charge in [-0.25, -0.2) is 4.68 Å². The molecule has 1 N–H and O–H groups in total. The van der Waals surface area contributed by atoms with Crippen molar-refractivity contribution in [1.82, 2.24) is 15.1 Å². The van der Waals surface area contributed by atoms with Gasteiger partial charge in [-0.05, 0) is 31.5 Å². The fourth-order valence-corrected chi connectivity index (χ4v) is 2.35. The molecule has 0 saturated carbocycles. The van der Waals surface area contributed by atoms with Gasteiger partial charge in [0.15, 0.2) is 0 Å². The predicted octanol–water partition coefficient (Wildman–Crippen LogP) is 4.10. The van der Waals surface area contributed by atoms with E-state index in [1.54, 1.807) is 0 Å². The third kappa shape index (κ3) is 3.94. The quantitative estimate of drug-likeness (QED) is 0.783. The van der Waals surface area contributed by atoms with E-state index in [1.165, 1.54) is 24.8 Å². The Morgan fingerprint density at radius 2 is 1.95 bits per heavy atom. The molecule has 0 amide bonds. The van der Waals surface area contributed by atoms with Crippen molar-refractivity contribution in [3.8, 4) is 5.69 Å². The maximum Gasteiger partial charge on any atom is 0.0645 e. The Bertz CT molecular complexity index is 482. The first-order chi connectivity index (χ1) is 9.85. The van der Waals surface area contributed by atoms with Gasteiger partial charge >= 0.3 is 0 Å². The topological polar surface area (TPSA) is 29.9 Å². The van der Waals surface area contributed by atoms with E-state index in [0.29, 0.717) is 6.04 Å². The molecule has 1 aromatic carbocycles. The largest absolute Gasteiger partial charge is 0.310 e. The van der Waals surface area contributed by atoms with E-state index < -0.39 is 0 Å². The van der Waals surface area contributed by atoms with E-state index in [-0.39, 0.29) is 0 Å². The minimum absolute atomic E-state index is 0.423. The summed E-state index contributed by atoms with van der Waals surface area (Å²) in [5.41, 5.74) is 2.40. The molecule has 0 spiro atoms. The van der Waals surface area contributed by atoms with Gasteiger partial charge in [0.25, 0.3) is 0 Å². The van der Waals surface area contributed by atoms with Crippen LogP contribution in [0.3, 0.4) is 0 Å². The first-order valence-electron chi connectivity index (χ1n) is 7.68. The molecule has 108 valence electrons. The number of rotatable bonds is 8. The van der Waals surface area contributed by atoms with E-state index in [4.69, 9.17) is 0 Å². The van der Waals surface area contributed by atoms with Crippen LogP contribution in [0.5, 0.6) is 0 Å². The van der Waals surface area contributed by atoms with Gasteiger partial charge in [-0.1, -0.05) is 44.9 Å². The second-order valence-corrected chi connectivity index (χ2v) is 5.20. The van der Waals surface area contributed by atoms with Gasteiger partial charge in [-0.2, -0.15) is 5.10 Å². The average molecular weight is 271 g/mol. The smallest absolute Gasteiger partial charge is 0.0645 e. The Morgan fingerprint density at radius 3 is 2.65 bits per heavy atom. The number of benzene rings is 1. The fraction of sp³-hybridized carbons (Fsp3) is 0.471. The lowest BCUT2D eigenvalue weighted by molar-refractivity contribution is 0.481. The molecule has 0 saturated heterocycles. The Hall–Kier alpha value is -1.61. The maximum absolute atomic E-state index is 4.50. The van der Waals surface area contributed by atoms with Crippen molar-refractivity contribution in [1.29, 1.82) is 0 Å². The molecular formula is C17H25N3. The summed E-state index contributed by atoms with van der Waals surface area (Å²) in [6, 6.07) is 10.7. The molecule has 0 bridgehead atoms. The highest BCUT2D eigenvalue weighted by atomic mass is 15.3. The van der Waals surface area contributed by atoms with Crippen molar-refractivity contribution < 1.29 is 0 Å². The van der Waals surface area contributed by atoms with Gasteiger partial charge in [0, 0.05) is 17.8 Å². The lowest BCUT2D eigenvalue weighted by Gasteiger charge is -2.16. The van der Waals surface area contributed by atoms with Crippen LogP contribution in [0, 0.1) is 0 Å². The van der Waals surface area contributed by atoms with Gasteiger partial charge in [0.05, 0.1) is 11.9 Å². The number of hydrogen-bond donors (Lipinski definition) is 1. The van der Waals surface area contributed by atoms with Crippen molar-refractivity contribution >= 4 is 0 Å². The number of nitrogens with zero attached hydrogens (tertiary/aromatic N) is 2. The van der Waals surface area contributed by atoms with Gasteiger partial charge < -0.3 is 5.32 Å². The summed E-state index contributed by atoms with van der Waals surface area (Å²) in [5, 5.41) is 8.13. The molecule has 3 nitrogen and oxygen atoms in total. The van der Waals surface area contributed by atoms with Gasteiger partial charge in [0.2, 0.25) is 0 Å². The fourth-order valence-electron chi connectivity index (χ4n) is 2.35. The highest BCUT2D eigenvalue weighted by Gasteiger charge is 2.12. The molecule has 0 aliphatic rings. The lowest BCUT2D eigenvalue weighted by atomic mass is 10.0. The molecule has 20 heavy (non-hydrogen) atoms. The van der Waals surface area contributed by atoms with Crippen LogP contribution in [0.4, 0.5) is 0 Å². The SMILES string of the molecule is CCCCC(NCCC)c1cnn(-c2ccccc2)c1. The average Bonchev–Trinajstić information content (AvgIpc) is 2.98. The molecule has 0 aliphatic carbocycles. The molecule has 1 unspecified atom stereocenters. The lowest BCUT2D eigenvalue weighted by Crippen LogP contribution is -2.21. The maximum atomic E-state index is 4.50. The normalized spacial score (nSPS) is 12.5. The Kier molecular flexibility index (Phi) is 5.81. The molecule has 0 aliphatic heterocycles. The van der Waals surface area contributed by atoms with Crippen LogP contribution in [-0.4, -0.2) is 16.3 Å². The number of hydrogen-bond acceptors (Lipinski definition) is 2. The second-order valence-electron chi connectivity index (χ2n) is 5.20. The molecular weight excluding hydrogens is 246 g/mol. The summed E-state index contributed by atoms with van der Waals surface area (Å²) in [6.07, 6.45) is 8.97. The highest BCUT2D eigenvalue weighted by Crippen LogP contribution is 2.20. The molecule has 1 aromatic heterocycles. The van der Waals surface area contributed by atoms with Crippen LogP contribution in [0.2, 0.25) is 0 Å². The molecule has 0 fully saturated rings. The van der Waals surface area contributed by atoms with Gasteiger partial charge in [-0.3, -0.25) is 0 Å². The van der Waals surface area contributed by atoms with Crippen LogP contribution >= 0.6 is 0 Å². The van der Waals surface area contributed by atoms with Gasteiger partial charge in [-0.15, -0.1) is 0 Å². The third-order valence-electron chi connectivity index (χ3n) is 3.51. The standard InChI is InChI=1S/C17H25N3/c1-3-5-11-17(18-12-4-2)15-13-19-20(14-15)16-9-7-6-8-10-16/h6-10,13-14,17-18H,3-5,11-12H2,1-2H3. The van der Waals surface area contributed by atoms with Crippen LogP contribution in [0.25, 0.3) is 5.69 Å². The molecule has 1 heterocycles. The predicted molar refractivity (Wildman–Crippen MR) is 84.1 cm³/mol. The minimum atomic E-state index is 0.423. The van der Waals surface area contributed by atoms with E-state index in [0.717, 1.165) is 18.7 Å². The van der Waals surface area contributed by atoms with E-state index in [1.807, 2.05) is 29.1 Å². The van der Waals surface area contributed by atoms with Crippen LogP contribution in [-0.2, 0) is 0 Å². The highest BCUT2D eigenvalue weighted by molar-refractivity contribution is 5.31. The van der Waals surface area contributed by atoms with Crippen LogP contribution in [0.1, 0.15) is 51.1 Å². The van der Waals surface area contributed by atoms with Crippen LogP contribution in [0.15, 0.2) is 42.7 Å². The number of unbranched alkanes of at least 4 members (excludes halogenated alkanes) is 1. The van der Waals surface area contributed by atoms with Crippen molar-refractivity contribution in [2.45, 2.75) is 45.6 Å². The zero-order valence-electron chi connectivity index (χ0n) is 12.5. The Balaban J connectivity index is 2.11. The van der Waals surface area contributed by atoms with Gasteiger partial charge in [0.1, 0.15) is 0 Å². The minimum Gasteiger partial charge on any atom is -0.310 e. The Morgan fingerprint density at radius 1 is 1.15 bits per heavy atom. The first kappa shape index (κ1) is 14.8. The second kappa shape index (κ2) is 7.85. The Labute approximate surface area is 122 Å². The number of aromatic nitrogens is 2. The monoisotopic (exact) mass is 271 g/mol.